The monoisotopic (exact) mass is 453 g/mol. The molecule has 33 heavy (non-hydrogen) atoms. The molecule has 0 N–H and O–H groups in total. The normalized spacial score (nSPS) is 25.2. The molecule has 2 fully saturated rings. The number of para-hydroxylation sites is 1. The van der Waals surface area contributed by atoms with Crippen LogP contribution >= 0.6 is 0 Å². The van der Waals surface area contributed by atoms with E-state index in [1.165, 1.54) is 12.8 Å². The van der Waals surface area contributed by atoms with Crippen LogP contribution in [-0.2, 0) is 16.1 Å². The highest BCUT2D eigenvalue weighted by molar-refractivity contribution is 5.79. The summed E-state index contributed by atoms with van der Waals surface area (Å²) < 4.78 is 6.14. The molecule has 1 saturated carbocycles. The zero-order valence-corrected chi connectivity index (χ0v) is 20.2. The number of benzene rings is 1. The molecule has 4 rings (SSSR count). The molecule has 2 aliphatic heterocycles. The van der Waals surface area contributed by atoms with Crippen LogP contribution in [0, 0.1) is 17.8 Å². The molecule has 2 atom stereocenters. The number of amides is 2. The number of rotatable bonds is 6. The minimum atomic E-state index is 0.179. The van der Waals surface area contributed by atoms with Gasteiger partial charge in [-0.05, 0) is 56.9 Å². The van der Waals surface area contributed by atoms with Gasteiger partial charge in [0.05, 0.1) is 6.54 Å². The first-order valence-electron chi connectivity index (χ1n) is 12.7. The van der Waals surface area contributed by atoms with Crippen molar-refractivity contribution >= 4 is 11.8 Å². The summed E-state index contributed by atoms with van der Waals surface area (Å²) in [4.78, 5) is 32.4. The molecule has 0 spiro atoms. The summed E-state index contributed by atoms with van der Waals surface area (Å²) in [5.74, 6) is 2.48. The molecule has 1 aromatic rings. The molecule has 1 aromatic carbocycles. The van der Waals surface area contributed by atoms with E-state index in [2.05, 4.69) is 23.1 Å². The molecular weight excluding hydrogens is 414 g/mol. The van der Waals surface area contributed by atoms with Crippen molar-refractivity contribution in [2.24, 2.45) is 17.8 Å². The first-order valence-corrected chi connectivity index (χ1v) is 12.7. The molecular formula is C27H39N3O3. The molecule has 0 radical (unpaired) electrons. The summed E-state index contributed by atoms with van der Waals surface area (Å²) in [5.41, 5.74) is 1.14. The Bertz CT molecular complexity index is 847. The molecule has 6 heteroatoms. The Morgan fingerprint density at radius 3 is 2.67 bits per heavy atom. The minimum absolute atomic E-state index is 0.179. The average Bonchev–Trinajstić information content (AvgIpc) is 3.62. The van der Waals surface area contributed by atoms with E-state index < -0.39 is 0 Å². The van der Waals surface area contributed by atoms with Crippen LogP contribution in [0.15, 0.2) is 36.4 Å². The number of fused-ring (bicyclic) bond motifs is 3. The fraction of sp³-hybridized carbons (Fsp3) is 0.630. The number of carbonyl (C=O) groups is 2. The lowest BCUT2D eigenvalue weighted by molar-refractivity contribution is -0.136. The van der Waals surface area contributed by atoms with Gasteiger partial charge in [0.15, 0.2) is 0 Å². The maximum Gasteiger partial charge on any atom is 0.236 e. The smallest absolute Gasteiger partial charge is 0.236 e. The average molecular weight is 454 g/mol. The summed E-state index contributed by atoms with van der Waals surface area (Å²) in [6.07, 6.45) is 8.21. The largest absolute Gasteiger partial charge is 0.489 e. The van der Waals surface area contributed by atoms with E-state index in [-0.39, 0.29) is 23.7 Å². The van der Waals surface area contributed by atoms with Gasteiger partial charge in [-0.15, -0.1) is 0 Å². The van der Waals surface area contributed by atoms with Gasteiger partial charge in [0.25, 0.3) is 0 Å². The van der Waals surface area contributed by atoms with E-state index in [1.54, 1.807) is 0 Å². The van der Waals surface area contributed by atoms with Crippen molar-refractivity contribution in [1.29, 1.82) is 0 Å². The molecule has 1 saturated heterocycles. The summed E-state index contributed by atoms with van der Waals surface area (Å²) in [6, 6.07) is 8.18. The van der Waals surface area contributed by atoms with E-state index in [4.69, 9.17) is 4.74 Å². The highest BCUT2D eigenvalue weighted by Crippen LogP contribution is 2.32. The highest BCUT2D eigenvalue weighted by Gasteiger charge is 2.33. The van der Waals surface area contributed by atoms with Crippen LogP contribution in [0.1, 0.15) is 45.1 Å². The molecule has 2 bridgehead atoms. The van der Waals surface area contributed by atoms with E-state index in [0.29, 0.717) is 32.0 Å². The fourth-order valence-corrected chi connectivity index (χ4v) is 5.18. The van der Waals surface area contributed by atoms with Gasteiger partial charge in [-0.25, -0.2) is 0 Å². The summed E-state index contributed by atoms with van der Waals surface area (Å²) >= 11 is 0. The van der Waals surface area contributed by atoms with Gasteiger partial charge >= 0.3 is 0 Å². The van der Waals surface area contributed by atoms with Gasteiger partial charge in [-0.1, -0.05) is 30.4 Å². The minimum Gasteiger partial charge on any atom is -0.489 e. The first-order chi connectivity index (χ1) is 16.1. The molecule has 0 unspecified atom stereocenters. The summed E-state index contributed by atoms with van der Waals surface area (Å²) in [5, 5.41) is 0. The third kappa shape index (κ3) is 6.38. The quantitative estimate of drug-likeness (QED) is 0.618. The Balaban J connectivity index is 1.52. The molecule has 1 aliphatic carbocycles. The SMILES string of the molecule is CCN(CC)C(=O)C[C@@H]1CCN2C[C@@H]1/C=C/COc1ccccc1CN(CC1CC1)CC2=O. The lowest BCUT2D eigenvalue weighted by atomic mass is 9.82. The Hall–Kier alpha value is -2.34. The Morgan fingerprint density at radius 1 is 1.12 bits per heavy atom. The predicted molar refractivity (Wildman–Crippen MR) is 130 cm³/mol. The second-order valence-electron chi connectivity index (χ2n) is 9.78. The van der Waals surface area contributed by atoms with E-state index in [1.807, 2.05) is 41.8 Å². The maximum atomic E-state index is 13.3. The first kappa shape index (κ1) is 23.8. The van der Waals surface area contributed by atoms with Crippen molar-refractivity contribution in [2.75, 3.05) is 45.9 Å². The number of ether oxygens (including phenoxy) is 1. The van der Waals surface area contributed by atoms with Gasteiger partial charge in [0.1, 0.15) is 12.4 Å². The maximum absolute atomic E-state index is 13.3. The van der Waals surface area contributed by atoms with Crippen molar-refractivity contribution in [1.82, 2.24) is 14.7 Å². The zero-order valence-electron chi connectivity index (χ0n) is 20.2. The van der Waals surface area contributed by atoms with Crippen LogP contribution in [0.4, 0.5) is 0 Å². The fourth-order valence-electron chi connectivity index (χ4n) is 5.18. The topological polar surface area (TPSA) is 53.1 Å². The van der Waals surface area contributed by atoms with Gasteiger partial charge in [-0.2, -0.15) is 0 Å². The summed E-state index contributed by atoms with van der Waals surface area (Å²) in [6.45, 7) is 9.64. The lowest BCUT2D eigenvalue weighted by Crippen LogP contribution is -2.48. The van der Waals surface area contributed by atoms with Crippen molar-refractivity contribution in [3.63, 3.8) is 0 Å². The lowest BCUT2D eigenvalue weighted by Gasteiger charge is -2.38. The van der Waals surface area contributed by atoms with Crippen LogP contribution in [0.3, 0.4) is 0 Å². The molecule has 2 heterocycles. The van der Waals surface area contributed by atoms with Crippen LogP contribution in [0.25, 0.3) is 0 Å². The van der Waals surface area contributed by atoms with E-state index in [9.17, 15) is 9.59 Å². The second-order valence-corrected chi connectivity index (χ2v) is 9.78. The molecule has 3 aliphatic rings. The molecule has 2 amide bonds. The van der Waals surface area contributed by atoms with Crippen LogP contribution < -0.4 is 4.74 Å². The summed E-state index contributed by atoms with van der Waals surface area (Å²) in [7, 11) is 0. The molecule has 6 nitrogen and oxygen atoms in total. The van der Waals surface area contributed by atoms with Crippen molar-refractivity contribution in [3.05, 3.63) is 42.0 Å². The number of nitrogens with zero attached hydrogens (tertiary/aromatic N) is 3. The number of carbonyl (C=O) groups excluding carboxylic acids is 2. The molecule has 0 aromatic heterocycles. The predicted octanol–water partition coefficient (Wildman–Crippen LogP) is 3.57. The third-order valence-electron chi connectivity index (χ3n) is 7.37. The number of piperidine rings is 1. The Kier molecular flexibility index (Phi) is 8.07. The third-order valence-corrected chi connectivity index (χ3v) is 7.37. The number of hydrogen-bond donors (Lipinski definition) is 0. The van der Waals surface area contributed by atoms with Crippen LogP contribution in [-0.4, -0.2) is 72.4 Å². The second kappa shape index (κ2) is 11.2. The van der Waals surface area contributed by atoms with Crippen LogP contribution in [0.2, 0.25) is 0 Å². The van der Waals surface area contributed by atoms with Crippen LogP contribution in [0.5, 0.6) is 5.75 Å². The van der Waals surface area contributed by atoms with E-state index in [0.717, 1.165) is 50.5 Å². The Morgan fingerprint density at radius 2 is 1.91 bits per heavy atom. The number of hydrogen-bond acceptors (Lipinski definition) is 4. The van der Waals surface area contributed by atoms with Gasteiger partial charge in [0.2, 0.25) is 11.8 Å². The zero-order chi connectivity index (χ0) is 23.2. The van der Waals surface area contributed by atoms with Gasteiger partial charge < -0.3 is 14.5 Å². The van der Waals surface area contributed by atoms with Gasteiger partial charge in [-0.3, -0.25) is 14.5 Å². The highest BCUT2D eigenvalue weighted by atomic mass is 16.5. The van der Waals surface area contributed by atoms with Crippen molar-refractivity contribution in [2.45, 2.75) is 46.1 Å². The van der Waals surface area contributed by atoms with Crippen molar-refractivity contribution < 1.29 is 14.3 Å². The van der Waals surface area contributed by atoms with Gasteiger partial charge in [0, 0.05) is 51.3 Å². The Labute approximate surface area is 198 Å². The van der Waals surface area contributed by atoms with E-state index >= 15 is 0 Å². The molecule has 180 valence electrons. The standard InChI is InChI=1S/C27H39N3O3/c1-3-29(4-2)26(31)16-22-13-14-30-19-23(22)9-7-15-33-25-10-6-5-8-24(25)18-28(20-27(30)32)17-21-11-12-21/h5-10,21-23H,3-4,11-20H2,1-2H3/b9-7+/t22-,23-/m0/s1. The van der Waals surface area contributed by atoms with Crippen molar-refractivity contribution in [3.8, 4) is 5.75 Å².